The molecule has 2 rings (SSSR count). The van der Waals surface area contributed by atoms with Gasteiger partial charge in [0.25, 0.3) is 0 Å². The standard InChI is InChI=1S/C11H10O.BH3O2/c12-8-9-5-6-10-3-1-2-4-11(10)7-9;2-1-3/h1-7,12H,8H2;1-3H. The number of hydrogen-bond acceptors (Lipinski definition) is 3. The minimum atomic E-state index is -0.750. The van der Waals surface area contributed by atoms with Crippen molar-refractivity contribution in [2.75, 3.05) is 0 Å². The SMILES string of the molecule is OBO.OCc1ccc2ccccc2c1. The minimum Gasteiger partial charge on any atom is -0.430 e. The molecule has 0 saturated carbocycles. The molecule has 0 atom stereocenters. The van der Waals surface area contributed by atoms with E-state index >= 15 is 0 Å². The van der Waals surface area contributed by atoms with Crippen LogP contribution in [-0.2, 0) is 6.61 Å². The highest BCUT2D eigenvalue weighted by Crippen LogP contribution is 2.15. The smallest absolute Gasteiger partial charge is 0.430 e. The van der Waals surface area contributed by atoms with Gasteiger partial charge in [-0.15, -0.1) is 0 Å². The van der Waals surface area contributed by atoms with Gasteiger partial charge in [-0.3, -0.25) is 0 Å². The van der Waals surface area contributed by atoms with Gasteiger partial charge in [-0.05, 0) is 22.4 Å². The maximum Gasteiger partial charge on any atom is 0.432 e. The fourth-order valence-electron chi connectivity index (χ4n) is 1.34. The van der Waals surface area contributed by atoms with Crippen LogP contribution in [0.4, 0.5) is 0 Å². The molecule has 0 amide bonds. The van der Waals surface area contributed by atoms with Gasteiger partial charge in [0.1, 0.15) is 0 Å². The first-order chi connectivity index (χ1) is 7.31. The third kappa shape index (κ3) is 3.36. The van der Waals surface area contributed by atoms with Crippen LogP contribution < -0.4 is 0 Å². The van der Waals surface area contributed by atoms with Crippen molar-refractivity contribution >= 4 is 18.5 Å². The van der Waals surface area contributed by atoms with E-state index in [2.05, 4.69) is 12.1 Å². The van der Waals surface area contributed by atoms with Crippen LogP contribution in [0, 0.1) is 0 Å². The maximum atomic E-state index is 8.90. The molecule has 15 heavy (non-hydrogen) atoms. The summed E-state index contributed by atoms with van der Waals surface area (Å²) in [5.74, 6) is 0. The first-order valence-corrected chi connectivity index (χ1v) is 4.62. The van der Waals surface area contributed by atoms with Gasteiger partial charge < -0.3 is 15.2 Å². The van der Waals surface area contributed by atoms with E-state index in [9.17, 15) is 0 Å². The van der Waals surface area contributed by atoms with E-state index in [1.807, 2.05) is 30.3 Å². The Balaban J connectivity index is 0.000000337. The largest absolute Gasteiger partial charge is 0.432 e. The van der Waals surface area contributed by atoms with Crippen molar-refractivity contribution in [3.8, 4) is 0 Å². The lowest BCUT2D eigenvalue weighted by Crippen LogP contribution is -1.81. The molecular formula is C11H13BO3. The topological polar surface area (TPSA) is 60.7 Å². The third-order valence-corrected chi connectivity index (χ3v) is 2.00. The van der Waals surface area contributed by atoms with Crippen molar-refractivity contribution in [2.24, 2.45) is 0 Å². The summed E-state index contributed by atoms with van der Waals surface area (Å²) in [5, 5.41) is 25.5. The van der Waals surface area contributed by atoms with Crippen molar-refractivity contribution in [1.29, 1.82) is 0 Å². The van der Waals surface area contributed by atoms with Crippen LogP contribution in [-0.4, -0.2) is 22.8 Å². The van der Waals surface area contributed by atoms with Crippen molar-refractivity contribution in [3.05, 3.63) is 48.0 Å². The van der Waals surface area contributed by atoms with Gasteiger partial charge in [0.15, 0.2) is 0 Å². The molecule has 0 aliphatic carbocycles. The van der Waals surface area contributed by atoms with E-state index in [4.69, 9.17) is 15.2 Å². The monoisotopic (exact) mass is 204 g/mol. The normalized spacial score (nSPS) is 9.27. The summed E-state index contributed by atoms with van der Waals surface area (Å²) in [6.45, 7) is 0.116. The van der Waals surface area contributed by atoms with Crippen LogP contribution in [0.25, 0.3) is 10.8 Å². The molecular weight excluding hydrogens is 191 g/mol. The zero-order chi connectivity index (χ0) is 11.1. The predicted octanol–water partition coefficient (Wildman–Crippen LogP) is 0.570. The first kappa shape index (κ1) is 11.7. The van der Waals surface area contributed by atoms with Crippen LogP contribution in [0.5, 0.6) is 0 Å². The third-order valence-electron chi connectivity index (χ3n) is 2.00. The molecule has 0 bridgehead atoms. The molecule has 0 aromatic heterocycles. The Hall–Kier alpha value is -1.36. The Morgan fingerprint density at radius 2 is 1.53 bits per heavy atom. The number of benzene rings is 2. The molecule has 0 heterocycles. The Labute approximate surface area is 88.9 Å². The van der Waals surface area contributed by atoms with Crippen LogP contribution in [0.2, 0.25) is 0 Å². The summed E-state index contributed by atoms with van der Waals surface area (Å²) >= 11 is 0. The second kappa shape index (κ2) is 6.19. The lowest BCUT2D eigenvalue weighted by molar-refractivity contribution is 0.282. The number of hydrogen-bond donors (Lipinski definition) is 3. The lowest BCUT2D eigenvalue weighted by Gasteiger charge is -1.99. The van der Waals surface area contributed by atoms with Crippen molar-refractivity contribution in [3.63, 3.8) is 0 Å². The predicted molar refractivity (Wildman–Crippen MR) is 61.5 cm³/mol. The van der Waals surface area contributed by atoms with Crippen LogP contribution in [0.1, 0.15) is 5.56 Å². The summed E-state index contributed by atoms with van der Waals surface area (Å²) in [6.07, 6.45) is 0. The van der Waals surface area contributed by atoms with E-state index in [1.165, 1.54) is 10.8 Å². The highest BCUT2D eigenvalue weighted by atomic mass is 16.4. The molecule has 0 fully saturated rings. The summed E-state index contributed by atoms with van der Waals surface area (Å²) in [6, 6.07) is 14.1. The van der Waals surface area contributed by atoms with Crippen LogP contribution in [0.3, 0.4) is 0 Å². The average Bonchev–Trinajstić information content (AvgIpc) is 2.29. The summed E-state index contributed by atoms with van der Waals surface area (Å²) < 4.78 is 0. The van der Waals surface area contributed by atoms with Crippen LogP contribution in [0.15, 0.2) is 42.5 Å². The van der Waals surface area contributed by atoms with Gasteiger partial charge >= 0.3 is 7.69 Å². The van der Waals surface area contributed by atoms with Gasteiger partial charge in [0.05, 0.1) is 6.61 Å². The second-order valence-electron chi connectivity index (χ2n) is 2.98. The van der Waals surface area contributed by atoms with Crippen LogP contribution >= 0.6 is 0 Å². The Bertz CT molecular complexity index is 417. The molecule has 0 aliphatic rings. The fraction of sp³-hybridized carbons (Fsp3) is 0.0909. The van der Waals surface area contributed by atoms with Crippen molar-refractivity contribution < 1.29 is 15.2 Å². The highest BCUT2D eigenvalue weighted by molar-refractivity contribution is 6.13. The minimum absolute atomic E-state index is 0.116. The molecule has 0 spiro atoms. The fourth-order valence-corrected chi connectivity index (χ4v) is 1.34. The first-order valence-electron chi connectivity index (χ1n) is 4.62. The second-order valence-corrected chi connectivity index (χ2v) is 2.98. The zero-order valence-corrected chi connectivity index (χ0v) is 8.30. The van der Waals surface area contributed by atoms with E-state index in [0.717, 1.165) is 5.56 Å². The van der Waals surface area contributed by atoms with Gasteiger partial charge in [-0.25, -0.2) is 0 Å². The van der Waals surface area contributed by atoms with Gasteiger partial charge in [0.2, 0.25) is 0 Å². The average molecular weight is 204 g/mol. The molecule has 3 N–H and O–H groups in total. The molecule has 0 unspecified atom stereocenters. The number of aliphatic hydroxyl groups is 1. The van der Waals surface area contributed by atoms with Gasteiger partial charge in [-0.1, -0.05) is 36.4 Å². The summed E-state index contributed by atoms with van der Waals surface area (Å²) in [4.78, 5) is 0. The molecule has 78 valence electrons. The number of aliphatic hydroxyl groups excluding tert-OH is 1. The number of rotatable bonds is 1. The van der Waals surface area contributed by atoms with E-state index in [-0.39, 0.29) is 6.61 Å². The van der Waals surface area contributed by atoms with E-state index in [1.54, 1.807) is 0 Å². The number of fused-ring (bicyclic) bond motifs is 1. The molecule has 4 heteroatoms. The maximum absolute atomic E-state index is 8.90. The van der Waals surface area contributed by atoms with Crippen molar-refractivity contribution in [2.45, 2.75) is 6.61 Å². The summed E-state index contributed by atoms with van der Waals surface area (Å²) in [5.41, 5.74) is 0.966. The van der Waals surface area contributed by atoms with Gasteiger partial charge in [0, 0.05) is 0 Å². The molecule has 0 aliphatic heterocycles. The molecule has 2 aromatic carbocycles. The van der Waals surface area contributed by atoms with E-state index < -0.39 is 7.69 Å². The lowest BCUT2D eigenvalue weighted by atomic mass is 10.1. The van der Waals surface area contributed by atoms with Gasteiger partial charge in [-0.2, -0.15) is 0 Å². The quantitative estimate of drug-likeness (QED) is 0.595. The van der Waals surface area contributed by atoms with E-state index in [0.29, 0.717) is 0 Å². The molecule has 0 radical (unpaired) electrons. The Kier molecular flexibility index (Phi) is 4.84. The molecule has 2 aromatic rings. The summed E-state index contributed by atoms with van der Waals surface area (Å²) in [7, 11) is -0.750. The molecule has 0 saturated heterocycles. The highest BCUT2D eigenvalue weighted by Gasteiger charge is 1.92. The Morgan fingerprint density at radius 1 is 0.933 bits per heavy atom. The van der Waals surface area contributed by atoms with Crippen molar-refractivity contribution in [1.82, 2.24) is 0 Å². The molecule has 3 nitrogen and oxygen atoms in total. The Morgan fingerprint density at radius 3 is 2.13 bits per heavy atom. The zero-order valence-electron chi connectivity index (χ0n) is 8.30.